The zero-order valence-corrected chi connectivity index (χ0v) is 14.2. The molecular formula is C17H12ClN4O4-. The van der Waals surface area contributed by atoms with E-state index in [2.05, 4.69) is 15.5 Å². The van der Waals surface area contributed by atoms with Crippen LogP contribution in [0.1, 0.15) is 10.4 Å². The Balaban J connectivity index is 2.19. The number of anilines is 1. The summed E-state index contributed by atoms with van der Waals surface area (Å²) in [6.45, 7) is 0. The minimum atomic E-state index is -1.21. The van der Waals surface area contributed by atoms with Crippen LogP contribution in [0.25, 0.3) is 5.41 Å². The van der Waals surface area contributed by atoms with Gasteiger partial charge in [0.05, 0.1) is 29.1 Å². The molecular weight excluding hydrogens is 360 g/mol. The molecule has 0 unspecified atom stereocenters. The number of aromatic carboxylic acids is 1. The van der Waals surface area contributed by atoms with Crippen molar-refractivity contribution < 1.29 is 19.4 Å². The van der Waals surface area contributed by atoms with Crippen LogP contribution in [0.5, 0.6) is 5.75 Å². The normalized spacial score (nSPS) is 10.2. The number of para-hydroxylation sites is 1. The summed E-state index contributed by atoms with van der Waals surface area (Å²) in [6, 6.07) is 10.3. The number of nitrogens with one attached hydrogen (secondary N) is 1. The first kappa shape index (κ1) is 18.9. The number of benzene rings is 2. The highest BCUT2D eigenvalue weighted by Gasteiger charge is 2.14. The molecule has 0 saturated carbocycles. The van der Waals surface area contributed by atoms with Gasteiger partial charge < -0.3 is 20.6 Å². The molecule has 132 valence electrons. The van der Waals surface area contributed by atoms with Gasteiger partial charge in [-0.1, -0.05) is 23.7 Å². The number of ether oxygens (including phenoxy) is 1. The monoisotopic (exact) mass is 371 g/mol. The van der Waals surface area contributed by atoms with Gasteiger partial charge in [0.25, 0.3) is 5.91 Å². The molecule has 0 saturated heterocycles. The van der Waals surface area contributed by atoms with Crippen LogP contribution in [0.2, 0.25) is 5.02 Å². The SMILES string of the molecule is COc1ccc(N=NC(=C=[N-])C(=O)Nc2ccccc2C(=O)O)cc1Cl. The fraction of sp³-hybridized carbons (Fsp3) is 0.0588. The molecule has 0 atom stereocenters. The Kier molecular flexibility index (Phi) is 6.21. The molecule has 0 fully saturated rings. The van der Waals surface area contributed by atoms with E-state index < -0.39 is 17.6 Å². The molecule has 0 heterocycles. The predicted molar refractivity (Wildman–Crippen MR) is 96.4 cm³/mol. The molecule has 8 nitrogen and oxygen atoms in total. The Labute approximate surface area is 153 Å². The van der Waals surface area contributed by atoms with Crippen molar-refractivity contribution in [1.29, 1.82) is 0 Å². The summed E-state index contributed by atoms with van der Waals surface area (Å²) in [5.41, 5.74) is -0.308. The zero-order valence-electron chi connectivity index (χ0n) is 13.4. The average Bonchev–Trinajstić information content (AvgIpc) is 2.62. The molecule has 9 heteroatoms. The summed E-state index contributed by atoms with van der Waals surface area (Å²) in [4.78, 5) is 23.3. The first-order chi connectivity index (χ1) is 12.5. The second-order valence-corrected chi connectivity index (χ2v) is 5.19. The minimum Gasteiger partial charge on any atom is -0.761 e. The van der Waals surface area contributed by atoms with E-state index in [1.807, 2.05) is 0 Å². The van der Waals surface area contributed by atoms with Crippen molar-refractivity contribution in [2.24, 2.45) is 10.2 Å². The lowest BCUT2D eigenvalue weighted by Crippen LogP contribution is -2.16. The third-order valence-corrected chi connectivity index (χ3v) is 3.42. The fourth-order valence-electron chi connectivity index (χ4n) is 1.90. The highest BCUT2D eigenvalue weighted by Crippen LogP contribution is 2.29. The number of nitrogens with zero attached hydrogens (tertiary/aromatic N) is 3. The highest BCUT2D eigenvalue weighted by molar-refractivity contribution is 6.32. The fourth-order valence-corrected chi connectivity index (χ4v) is 2.16. The average molecular weight is 372 g/mol. The molecule has 2 rings (SSSR count). The third-order valence-electron chi connectivity index (χ3n) is 3.13. The lowest BCUT2D eigenvalue weighted by Gasteiger charge is -2.07. The Hall–Kier alpha value is -3.48. The summed E-state index contributed by atoms with van der Waals surface area (Å²) in [7, 11) is 1.46. The number of hydrogen-bond acceptors (Lipinski definition) is 5. The lowest BCUT2D eigenvalue weighted by molar-refractivity contribution is -0.112. The van der Waals surface area contributed by atoms with Gasteiger partial charge in [0.2, 0.25) is 0 Å². The van der Waals surface area contributed by atoms with E-state index in [1.54, 1.807) is 24.1 Å². The molecule has 2 aromatic carbocycles. The first-order valence-corrected chi connectivity index (χ1v) is 7.50. The number of carbonyl (C=O) groups is 2. The molecule has 0 bridgehead atoms. The van der Waals surface area contributed by atoms with Gasteiger partial charge in [-0.3, -0.25) is 4.79 Å². The van der Waals surface area contributed by atoms with Crippen LogP contribution in [0.4, 0.5) is 11.4 Å². The van der Waals surface area contributed by atoms with Crippen molar-refractivity contribution >= 4 is 40.7 Å². The van der Waals surface area contributed by atoms with Gasteiger partial charge >= 0.3 is 5.97 Å². The molecule has 0 radical (unpaired) electrons. The van der Waals surface area contributed by atoms with E-state index in [-0.39, 0.29) is 11.3 Å². The van der Waals surface area contributed by atoms with E-state index in [0.29, 0.717) is 16.5 Å². The maximum absolute atomic E-state index is 12.1. The smallest absolute Gasteiger partial charge is 0.337 e. The number of rotatable bonds is 6. The number of methoxy groups -OCH3 is 1. The quantitative estimate of drug-likeness (QED) is 0.454. The maximum atomic E-state index is 12.1. The molecule has 0 aliphatic rings. The second kappa shape index (κ2) is 8.57. The summed E-state index contributed by atoms with van der Waals surface area (Å²) >= 11 is 5.96. The van der Waals surface area contributed by atoms with E-state index in [0.717, 1.165) is 0 Å². The minimum absolute atomic E-state index is 0.0421. The van der Waals surface area contributed by atoms with Gasteiger partial charge in [0, 0.05) is 0 Å². The number of carboxylic acids is 1. The van der Waals surface area contributed by atoms with Crippen molar-refractivity contribution in [2.75, 3.05) is 12.4 Å². The van der Waals surface area contributed by atoms with Gasteiger partial charge in [0.1, 0.15) is 5.75 Å². The van der Waals surface area contributed by atoms with Crippen molar-refractivity contribution in [3.63, 3.8) is 0 Å². The molecule has 26 heavy (non-hydrogen) atoms. The van der Waals surface area contributed by atoms with Crippen LogP contribution in [0.15, 0.2) is 58.4 Å². The van der Waals surface area contributed by atoms with Gasteiger partial charge in [-0.15, -0.1) is 10.2 Å². The largest absolute Gasteiger partial charge is 0.761 e. The Morgan fingerprint density at radius 1 is 1.27 bits per heavy atom. The van der Waals surface area contributed by atoms with Crippen LogP contribution in [0.3, 0.4) is 0 Å². The topological polar surface area (TPSA) is 123 Å². The maximum Gasteiger partial charge on any atom is 0.337 e. The van der Waals surface area contributed by atoms with E-state index >= 15 is 0 Å². The number of hydrogen-bond donors (Lipinski definition) is 2. The molecule has 2 aromatic rings. The summed E-state index contributed by atoms with van der Waals surface area (Å²) in [6.07, 6.45) is 0. The molecule has 2 N–H and O–H groups in total. The third kappa shape index (κ3) is 4.54. The number of azo groups is 1. The van der Waals surface area contributed by atoms with Gasteiger partial charge in [0.15, 0.2) is 5.70 Å². The summed E-state index contributed by atoms with van der Waals surface area (Å²) in [5, 5.41) is 28.2. The van der Waals surface area contributed by atoms with Crippen molar-refractivity contribution in [2.45, 2.75) is 0 Å². The van der Waals surface area contributed by atoms with Gasteiger partial charge in [-0.2, -0.15) is 0 Å². The van der Waals surface area contributed by atoms with E-state index in [4.69, 9.17) is 26.9 Å². The van der Waals surface area contributed by atoms with E-state index in [1.165, 1.54) is 31.4 Å². The molecule has 0 spiro atoms. The standard InChI is InChI=1S/C17H12ClN4O4/c1-26-15-7-6-10(8-12(15)18)21-22-14(9-19)16(23)20-13-5-3-2-4-11(13)17(24)25/h2-8H,1H3,(H,20,23)(H,24,25)/q-1. The predicted octanol–water partition coefficient (Wildman–Crippen LogP) is 3.89. The van der Waals surface area contributed by atoms with Crippen LogP contribution in [0, 0.1) is 0 Å². The highest BCUT2D eigenvalue weighted by atomic mass is 35.5. The Morgan fingerprint density at radius 3 is 2.62 bits per heavy atom. The molecule has 0 aliphatic carbocycles. The van der Waals surface area contributed by atoms with Crippen LogP contribution < -0.4 is 10.1 Å². The zero-order chi connectivity index (χ0) is 19.1. The van der Waals surface area contributed by atoms with Crippen molar-refractivity contribution in [1.82, 2.24) is 0 Å². The number of amides is 1. The van der Waals surface area contributed by atoms with Crippen molar-refractivity contribution in [3.05, 3.63) is 64.2 Å². The lowest BCUT2D eigenvalue weighted by atomic mass is 10.2. The van der Waals surface area contributed by atoms with Gasteiger partial charge in [-0.25, -0.2) is 10.7 Å². The van der Waals surface area contributed by atoms with Crippen molar-refractivity contribution in [3.8, 4) is 5.75 Å². The Bertz CT molecular complexity index is 936. The molecule has 0 aliphatic heterocycles. The van der Waals surface area contributed by atoms with Crippen LogP contribution in [-0.4, -0.2) is 30.0 Å². The molecule has 1 amide bonds. The van der Waals surface area contributed by atoms with Gasteiger partial charge in [-0.05, 0) is 30.3 Å². The number of carbonyl (C=O) groups excluding carboxylic acids is 1. The van der Waals surface area contributed by atoms with E-state index in [9.17, 15) is 9.59 Å². The number of carboxylic acid groups (broad SMARTS) is 1. The molecule has 0 aromatic heterocycles. The van der Waals surface area contributed by atoms with Crippen LogP contribution in [-0.2, 0) is 4.79 Å². The first-order valence-electron chi connectivity index (χ1n) is 7.12. The summed E-state index contributed by atoms with van der Waals surface area (Å²) in [5.74, 6) is -0.0386. The second-order valence-electron chi connectivity index (χ2n) is 4.78. The van der Waals surface area contributed by atoms with Crippen LogP contribution >= 0.6 is 11.6 Å². The number of halogens is 1. The Morgan fingerprint density at radius 2 is 2.00 bits per heavy atom. The summed E-state index contributed by atoms with van der Waals surface area (Å²) < 4.78 is 5.01.